The van der Waals surface area contributed by atoms with Gasteiger partial charge in [-0.1, -0.05) is 0 Å². The summed E-state index contributed by atoms with van der Waals surface area (Å²) in [7, 11) is -3.34. The molecule has 0 spiro atoms. The number of sulfonamides is 1. The van der Waals surface area contributed by atoms with Crippen LogP contribution in [0.25, 0.3) is 5.69 Å². The van der Waals surface area contributed by atoms with Gasteiger partial charge in [0.1, 0.15) is 0 Å². The van der Waals surface area contributed by atoms with Gasteiger partial charge in [-0.05, 0) is 63.1 Å². The summed E-state index contributed by atoms with van der Waals surface area (Å²) in [6, 6.07) is 11.5. The van der Waals surface area contributed by atoms with E-state index in [1.54, 1.807) is 12.1 Å². The molecule has 158 valence electrons. The van der Waals surface area contributed by atoms with Crippen LogP contribution in [-0.4, -0.2) is 61.8 Å². The van der Waals surface area contributed by atoms with E-state index in [1.807, 2.05) is 26.0 Å². The van der Waals surface area contributed by atoms with E-state index in [0.29, 0.717) is 31.6 Å². The van der Waals surface area contributed by atoms with Crippen LogP contribution in [0.1, 0.15) is 34.6 Å². The lowest BCUT2D eigenvalue weighted by atomic mass is 10.1. The standard InChI is InChI=1S/C21H29N3O4S/c1-16-4-5-17(2)24(16)20-8-6-18(7-9-20)21(25)22-12-13-23(29(3,26)27)19-10-14-28-15-11-19/h4-9,19H,10-15H2,1-3H3,(H,22,25). The summed E-state index contributed by atoms with van der Waals surface area (Å²) >= 11 is 0. The fourth-order valence-electron chi connectivity index (χ4n) is 3.81. The first-order chi connectivity index (χ1) is 13.8. The summed E-state index contributed by atoms with van der Waals surface area (Å²) in [5.41, 5.74) is 3.82. The molecule has 1 aromatic heterocycles. The molecule has 1 amide bonds. The van der Waals surface area contributed by atoms with Crippen LogP contribution in [0.3, 0.4) is 0 Å². The Balaban J connectivity index is 1.60. The molecule has 0 unspecified atom stereocenters. The Morgan fingerprint density at radius 1 is 1.10 bits per heavy atom. The number of carbonyl (C=O) groups is 1. The molecule has 3 rings (SSSR count). The van der Waals surface area contributed by atoms with Gasteiger partial charge in [0.25, 0.3) is 5.91 Å². The van der Waals surface area contributed by atoms with Crippen LogP contribution < -0.4 is 5.32 Å². The average Bonchev–Trinajstić information content (AvgIpc) is 3.03. The molecule has 8 heteroatoms. The summed E-state index contributed by atoms with van der Waals surface area (Å²) in [6.07, 6.45) is 2.58. The maximum absolute atomic E-state index is 12.5. The molecular formula is C21H29N3O4S. The molecule has 0 atom stereocenters. The SMILES string of the molecule is Cc1ccc(C)n1-c1ccc(C(=O)NCCN(C2CCOCC2)S(C)(=O)=O)cc1. The molecule has 0 aliphatic carbocycles. The quantitative estimate of drug-likeness (QED) is 0.747. The maximum Gasteiger partial charge on any atom is 0.251 e. The fraction of sp³-hybridized carbons (Fsp3) is 0.476. The summed E-state index contributed by atoms with van der Waals surface area (Å²) in [5, 5.41) is 2.83. The van der Waals surface area contributed by atoms with Crippen molar-refractivity contribution in [2.24, 2.45) is 0 Å². The highest BCUT2D eigenvalue weighted by Crippen LogP contribution is 2.18. The number of amides is 1. The Morgan fingerprint density at radius 3 is 2.24 bits per heavy atom. The van der Waals surface area contributed by atoms with Crippen LogP contribution in [0.5, 0.6) is 0 Å². The van der Waals surface area contributed by atoms with Gasteiger partial charge in [0.05, 0.1) is 6.26 Å². The zero-order valence-corrected chi connectivity index (χ0v) is 18.0. The highest BCUT2D eigenvalue weighted by atomic mass is 32.2. The molecule has 0 radical (unpaired) electrons. The molecule has 29 heavy (non-hydrogen) atoms. The molecular weight excluding hydrogens is 390 g/mol. The van der Waals surface area contributed by atoms with Gasteiger partial charge in [-0.3, -0.25) is 4.79 Å². The van der Waals surface area contributed by atoms with Crippen molar-refractivity contribution < 1.29 is 17.9 Å². The Hall–Kier alpha value is -2.16. The molecule has 2 heterocycles. The van der Waals surface area contributed by atoms with Crippen molar-refractivity contribution in [2.75, 3.05) is 32.6 Å². The monoisotopic (exact) mass is 419 g/mol. The van der Waals surface area contributed by atoms with E-state index in [9.17, 15) is 13.2 Å². The molecule has 1 fully saturated rings. The number of aromatic nitrogens is 1. The summed E-state index contributed by atoms with van der Waals surface area (Å²) < 4.78 is 33.2. The van der Waals surface area contributed by atoms with Gasteiger partial charge in [-0.15, -0.1) is 0 Å². The first-order valence-corrected chi connectivity index (χ1v) is 11.7. The third kappa shape index (κ3) is 5.26. The molecule has 0 bridgehead atoms. The van der Waals surface area contributed by atoms with Crippen LogP contribution in [0.15, 0.2) is 36.4 Å². The van der Waals surface area contributed by atoms with Gasteiger partial charge >= 0.3 is 0 Å². The second kappa shape index (κ2) is 9.11. The van der Waals surface area contributed by atoms with Crippen molar-refractivity contribution in [3.05, 3.63) is 53.3 Å². The third-order valence-electron chi connectivity index (χ3n) is 5.30. The molecule has 1 aliphatic rings. The first kappa shape index (κ1) is 21.5. The van der Waals surface area contributed by atoms with E-state index in [-0.39, 0.29) is 25.0 Å². The Labute approximate surface area is 172 Å². The number of nitrogens with one attached hydrogen (secondary N) is 1. The zero-order valence-electron chi connectivity index (χ0n) is 17.2. The minimum atomic E-state index is -3.34. The number of ether oxygens (including phenoxy) is 1. The number of nitrogens with zero attached hydrogens (tertiary/aromatic N) is 2. The molecule has 0 saturated carbocycles. The number of carbonyl (C=O) groups excluding carboxylic acids is 1. The third-order valence-corrected chi connectivity index (χ3v) is 6.63. The van der Waals surface area contributed by atoms with Gasteiger partial charge in [0.15, 0.2) is 0 Å². The summed E-state index contributed by atoms with van der Waals surface area (Å²) in [4.78, 5) is 12.5. The molecule has 1 N–H and O–H groups in total. The Morgan fingerprint density at radius 2 is 1.69 bits per heavy atom. The first-order valence-electron chi connectivity index (χ1n) is 9.85. The predicted molar refractivity (Wildman–Crippen MR) is 113 cm³/mol. The largest absolute Gasteiger partial charge is 0.381 e. The van der Waals surface area contributed by atoms with Crippen molar-refractivity contribution in [3.63, 3.8) is 0 Å². The number of aryl methyl sites for hydroxylation is 2. The van der Waals surface area contributed by atoms with E-state index in [2.05, 4.69) is 22.0 Å². The summed E-state index contributed by atoms with van der Waals surface area (Å²) in [6.45, 7) is 5.74. The van der Waals surface area contributed by atoms with Crippen LogP contribution in [0.2, 0.25) is 0 Å². The molecule has 7 nitrogen and oxygen atoms in total. The number of rotatable bonds is 7. The van der Waals surface area contributed by atoms with Crippen LogP contribution in [0, 0.1) is 13.8 Å². The number of hydrogen-bond donors (Lipinski definition) is 1. The minimum absolute atomic E-state index is 0.0667. The van der Waals surface area contributed by atoms with Gasteiger partial charge in [-0.25, -0.2) is 8.42 Å². The topological polar surface area (TPSA) is 80.6 Å². The van der Waals surface area contributed by atoms with Crippen molar-refractivity contribution in [1.82, 2.24) is 14.2 Å². The van der Waals surface area contributed by atoms with Crippen molar-refractivity contribution >= 4 is 15.9 Å². The van der Waals surface area contributed by atoms with Gasteiger partial charge in [0, 0.05) is 55.0 Å². The van der Waals surface area contributed by atoms with Crippen molar-refractivity contribution in [3.8, 4) is 5.69 Å². The van der Waals surface area contributed by atoms with Gasteiger partial charge in [-0.2, -0.15) is 4.31 Å². The van der Waals surface area contributed by atoms with Gasteiger partial charge in [0.2, 0.25) is 10.0 Å². The van der Waals surface area contributed by atoms with Crippen molar-refractivity contribution in [1.29, 1.82) is 0 Å². The summed E-state index contributed by atoms with van der Waals surface area (Å²) in [5.74, 6) is -0.210. The minimum Gasteiger partial charge on any atom is -0.381 e. The zero-order chi connectivity index (χ0) is 21.0. The van der Waals surface area contributed by atoms with E-state index in [0.717, 1.165) is 17.1 Å². The lowest BCUT2D eigenvalue weighted by Crippen LogP contribution is -2.46. The smallest absolute Gasteiger partial charge is 0.251 e. The number of benzene rings is 1. The molecule has 1 aliphatic heterocycles. The average molecular weight is 420 g/mol. The highest BCUT2D eigenvalue weighted by molar-refractivity contribution is 7.88. The molecule has 1 aromatic carbocycles. The second-order valence-corrected chi connectivity index (χ2v) is 9.41. The van der Waals surface area contributed by atoms with Gasteiger partial charge < -0.3 is 14.6 Å². The Bertz CT molecular complexity index is 925. The normalized spacial score (nSPS) is 15.6. The van der Waals surface area contributed by atoms with E-state index in [1.165, 1.54) is 10.6 Å². The molecule has 2 aromatic rings. The second-order valence-electron chi connectivity index (χ2n) is 7.47. The van der Waals surface area contributed by atoms with E-state index < -0.39 is 10.0 Å². The maximum atomic E-state index is 12.5. The van der Waals surface area contributed by atoms with Crippen molar-refractivity contribution in [2.45, 2.75) is 32.7 Å². The van der Waals surface area contributed by atoms with Crippen LogP contribution in [-0.2, 0) is 14.8 Å². The van der Waals surface area contributed by atoms with E-state index >= 15 is 0 Å². The van der Waals surface area contributed by atoms with E-state index in [4.69, 9.17) is 4.74 Å². The Kier molecular flexibility index (Phi) is 6.77. The predicted octanol–water partition coefficient (Wildman–Crippen LogP) is 2.26. The lowest BCUT2D eigenvalue weighted by molar-refractivity contribution is 0.0585. The fourth-order valence-corrected chi connectivity index (χ4v) is 4.99. The van der Waals surface area contributed by atoms with Crippen LogP contribution in [0.4, 0.5) is 0 Å². The lowest BCUT2D eigenvalue weighted by Gasteiger charge is -2.32. The number of hydrogen-bond acceptors (Lipinski definition) is 4. The van der Waals surface area contributed by atoms with Crippen LogP contribution >= 0.6 is 0 Å². The molecule has 1 saturated heterocycles. The highest BCUT2D eigenvalue weighted by Gasteiger charge is 2.28.